The summed E-state index contributed by atoms with van der Waals surface area (Å²) in [6.07, 6.45) is 1.16. The molecule has 0 radical (unpaired) electrons. The Balaban J connectivity index is 1.50. The zero-order chi connectivity index (χ0) is 39.6. The summed E-state index contributed by atoms with van der Waals surface area (Å²) in [6.45, 7) is 19.5. The number of aromatic nitrogens is 2. The monoisotopic (exact) mass is 818 g/mol. The molecule has 5 rings (SSSR count). The second kappa shape index (κ2) is 16.1. The number of hydrogen-bond acceptors (Lipinski definition) is 8. The van der Waals surface area contributed by atoms with Crippen molar-refractivity contribution in [2.24, 2.45) is 5.92 Å². The summed E-state index contributed by atoms with van der Waals surface area (Å²) in [5, 5.41) is 17.1. The van der Waals surface area contributed by atoms with Crippen molar-refractivity contribution in [2.75, 3.05) is 28.2 Å². The normalized spacial score (nSPS) is 17.9. The summed E-state index contributed by atoms with van der Waals surface area (Å²) < 4.78 is 13.4. The van der Waals surface area contributed by atoms with Gasteiger partial charge in [0.15, 0.2) is 14.0 Å². The molecule has 288 valence electrons. The van der Waals surface area contributed by atoms with E-state index in [1.54, 1.807) is 24.5 Å². The van der Waals surface area contributed by atoms with E-state index in [1.165, 1.54) is 0 Å². The summed E-state index contributed by atoms with van der Waals surface area (Å²) in [5.74, 6) is -0.632. The van der Waals surface area contributed by atoms with Crippen LogP contribution in [0.3, 0.4) is 0 Å². The lowest BCUT2D eigenvalue weighted by atomic mass is 9.92. The van der Waals surface area contributed by atoms with Gasteiger partial charge in [-0.3, -0.25) is 14.7 Å². The maximum Gasteiger partial charge on any atom is 0.412 e. The highest BCUT2D eigenvalue weighted by Gasteiger charge is 2.45. The first-order chi connectivity index (χ1) is 25.2. The van der Waals surface area contributed by atoms with Crippen LogP contribution in [0.2, 0.25) is 18.1 Å². The Kier molecular flexibility index (Phi) is 12.1. The van der Waals surface area contributed by atoms with Crippen molar-refractivity contribution in [1.82, 2.24) is 15.3 Å². The van der Waals surface area contributed by atoms with E-state index in [4.69, 9.17) is 14.1 Å². The average Bonchev–Trinajstić information content (AvgIpc) is 3.07. The van der Waals surface area contributed by atoms with E-state index in [1.807, 2.05) is 69.3 Å². The number of anilines is 3. The molecule has 2 aromatic carbocycles. The highest BCUT2D eigenvalue weighted by Crippen LogP contribution is 2.40. The molecule has 4 aromatic rings. The van der Waals surface area contributed by atoms with Gasteiger partial charge >= 0.3 is 12.2 Å². The van der Waals surface area contributed by atoms with Gasteiger partial charge < -0.3 is 29.8 Å². The zero-order valence-corrected chi connectivity index (χ0v) is 35.0. The van der Waals surface area contributed by atoms with Crippen LogP contribution < -0.4 is 20.4 Å². The third-order valence-electron chi connectivity index (χ3n) is 9.89. The molecule has 0 bridgehead atoms. The SMILES string of the molecule is C[C@H]1CN(c2ccncc2NC(=O)c2nc3cc(Br)ccc3cc2N(Cc2ccccc2)C(=O)O)C[C@@H](NC(=O)OC(C)(C)C)[C@@H]1O[Si](C)(C)C(C)(C)C. The van der Waals surface area contributed by atoms with Crippen molar-refractivity contribution in [3.05, 3.63) is 88.8 Å². The van der Waals surface area contributed by atoms with Gasteiger partial charge in [0.05, 0.1) is 47.5 Å². The van der Waals surface area contributed by atoms with Crippen LogP contribution in [0.5, 0.6) is 0 Å². The van der Waals surface area contributed by atoms with Crippen LogP contribution in [0.15, 0.2) is 77.5 Å². The fraction of sp³-hybridized carbons (Fsp3) is 0.425. The number of hydrogen-bond donors (Lipinski definition) is 3. The third-order valence-corrected chi connectivity index (χ3v) is 14.9. The predicted octanol–water partition coefficient (Wildman–Crippen LogP) is 9.07. The quantitative estimate of drug-likeness (QED) is 0.141. The Morgan fingerprint density at radius 2 is 1.72 bits per heavy atom. The predicted molar refractivity (Wildman–Crippen MR) is 219 cm³/mol. The number of nitrogens with zero attached hydrogens (tertiary/aromatic N) is 4. The number of amides is 3. The lowest BCUT2D eigenvalue weighted by Gasteiger charge is -2.48. The molecule has 54 heavy (non-hydrogen) atoms. The Labute approximate surface area is 326 Å². The maximum atomic E-state index is 14.3. The molecule has 1 aliphatic heterocycles. The van der Waals surface area contributed by atoms with E-state index in [2.05, 4.69) is 77.2 Å². The van der Waals surface area contributed by atoms with Crippen LogP contribution in [-0.4, -0.2) is 72.3 Å². The Hall–Kier alpha value is -4.53. The number of ether oxygens (including phenoxy) is 1. The number of fused-ring (bicyclic) bond motifs is 1. The first-order valence-corrected chi connectivity index (χ1v) is 21.7. The first kappa shape index (κ1) is 40.6. The maximum absolute atomic E-state index is 14.3. The number of nitrogens with one attached hydrogen (secondary N) is 2. The number of halogens is 1. The van der Waals surface area contributed by atoms with E-state index in [0.29, 0.717) is 35.4 Å². The molecule has 0 spiro atoms. The summed E-state index contributed by atoms with van der Waals surface area (Å²) in [7, 11) is -2.25. The van der Waals surface area contributed by atoms with Gasteiger partial charge in [-0.25, -0.2) is 14.6 Å². The lowest BCUT2D eigenvalue weighted by Crippen LogP contribution is -2.63. The van der Waals surface area contributed by atoms with Gasteiger partial charge in [-0.2, -0.15) is 0 Å². The average molecular weight is 820 g/mol. The van der Waals surface area contributed by atoms with Gasteiger partial charge in [-0.15, -0.1) is 0 Å². The minimum atomic E-state index is -2.25. The van der Waals surface area contributed by atoms with Gasteiger partial charge in [-0.1, -0.05) is 80.0 Å². The van der Waals surface area contributed by atoms with E-state index < -0.39 is 38.1 Å². The van der Waals surface area contributed by atoms with E-state index in [-0.39, 0.29) is 35.0 Å². The number of alkyl carbamates (subject to hydrolysis) is 1. The van der Waals surface area contributed by atoms with E-state index >= 15 is 0 Å². The molecule has 3 heterocycles. The molecule has 3 atom stereocenters. The molecular formula is C40H51BrN6O6Si. The smallest absolute Gasteiger partial charge is 0.412 e. The molecule has 2 aromatic heterocycles. The Morgan fingerprint density at radius 1 is 1.02 bits per heavy atom. The Bertz CT molecular complexity index is 2000. The van der Waals surface area contributed by atoms with Crippen LogP contribution in [0.4, 0.5) is 26.7 Å². The molecule has 0 unspecified atom stereocenters. The minimum Gasteiger partial charge on any atom is -0.465 e. The fourth-order valence-electron chi connectivity index (χ4n) is 6.23. The molecule has 1 saturated heterocycles. The molecule has 3 amide bonds. The van der Waals surface area contributed by atoms with Crippen molar-refractivity contribution in [3.63, 3.8) is 0 Å². The van der Waals surface area contributed by atoms with Gasteiger partial charge in [-0.05, 0) is 68.7 Å². The van der Waals surface area contributed by atoms with Crippen molar-refractivity contribution in [2.45, 2.75) is 90.9 Å². The number of carbonyl (C=O) groups excluding carboxylic acids is 2. The second-order valence-corrected chi connectivity index (χ2v) is 22.0. The molecule has 0 saturated carbocycles. The number of piperidine rings is 1. The van der Waals surface area contributed by atoms with Crippen molar-refractivity contribution in [1.29, 1.82) is 0 Å². The largest absolute Gasteiger partial charge is 0.465 e. The number of benzene rings is 2. The van der Waals surface area contributed by atoms with Crippen LogP contribution in [0.1, 0.15) is 64.5 Å². The molecule has 0 aliphatic carbocycles. The van der Waals surface area contributed by atoms with Gasteiger partial charge in [0, 0.05) is 35.1 Å². The van der Waals surface area contributed by atoms with Gasteiger partial charge in [0.1, 0.15) is 5.60 Å². The molecule has 1 fully saturated rings. The standard InChI is InChI=1S/C40H51BrN6O6Si/c1-25-22-46(24-31(45-37(49)52-39(2,3)4)35(25)53-54(8,9)40(5,6)7)32-17-18-42-21-30(32)44-36(48)34-33(19-27-15-16-28(41)20-29(27)43-34)47(38(50)51)23-26-13-11-10-12-14-26/h10-21,25,31,35H,22-24H2,1-9H3,(H,44,48)(H,45,49)(H,50,51)/t25-,31+,35+/m0/s1. The molecule has 12 nitrogen and oxygen atoms in total. The van der Waals surface area contributed by atoms with Crippen molar-refractivity contribution >= 4 is 70.3 Å². The highest BCUT2D eigenvalue weighted by molar-refractivity contribution is 9.10. The summed E-state index contributed by atoms with van der Waals surface area (Å²) in [4.78, 5) is 52.6. The van der Waals surface area contributed by atoms with Crippen molar-refractivity contribution in [3.8, 4) is 0 Å². The minimum absolute atomic E-state index is 0.00806. The number of rotatable bonds is 9. The lowest BCUT2D eigenvalue weighted by molar-refractivity contribution is 0.0336. The third kappa shape index (κ3) is 9.76. The first-order valence-electron chi connectivity index (χ1n) is 18.0. The molecular weight excluding hydrogens is 768 g/mol. The fourth-order valence-corrected chi connectivity index (χ4v) is 8.01. The van der Waals surface area contributed by atoms with Gasteiger partial charge in [0.2, 0.25) is 0 Å². The van der Waals surface area contributed by atoms with Crippen LogP contribution in [-0.2, 0) is 15.7 Å². The van der Waals surface area contributed by atoms with E-state index in [9.17, 15) is 19.5 Å². The molecule has 14 heteroatoms. The number of carboxylic acid groups (broad SMARTS) is 1. The zero-order valence-electron chi connectivity index (χ0n) is 32.4. The summed E-state index contributed by atoms with van der Waals surface area (Å²) in [6, 6.07) is 17.7. The summed E-state index contributed by atoms with van der Waals surface area (Å²) in [5.41, 5.74) is 1.74. The number of pyridine rings is 2. The number of carbonyl (C=O) groups is 3. The Morgan fingerprint density at radius 3 is 2.37 bits per heavy atom. The molecule has 3 N–H and O–H groups in total. The van der Waals surface area contributed by atoms with Gasteiger partial charge in [0.25, 0.3) is 5.91 Å². The summed E-state index contributed by atoms with van der Waals surface area (Å²) >= 11 is 3.48. The second-order valence-electron chi connectivity index (χ2n) is 16.4. The van der Waals surface area contributed by atoms with Crippen LogP contribution >= 0.6 is 15.9 Å². The van der Waals surface area contributed by atoms with E-state index in [0.717, 1.165) is 14.9 Å². The topological polar surface area (TPSA) is 146 Å². The highest BCUT2D eigenvalue weighted by atomic mass is 79.9. The molecule has 1 aliphatic rings. The van der Waals surface area contributed by atoms with Crippen molar-refractivity contribution < 1.29 is 28.7 Å². The van der Waals surface area contributed by atoms with Crippen LogP contribution in [0.25, 0.3) is 10.9 Å². The van der Waals surface area contributed by atoms with Crippen LogP contribution in [0, 0.1) is 5.92 Å².